The molecule has 0 spiro atoms. The summed E-state index contributed by atoms with van der Waals surface area (Å²) in [5.41, 5.74) is 0.899. The van der Waals surface area contributed by atoms with Crippen LogP contribution in [0.1, 0.15) is 27.2 Å². The Labute approximate surface area is 93.7 Å². The highest BCUT2D eigenvalue weighted by Gasteiger charge is 2.03. The summed E-state index contributed by atoms with van der Waals surface area (Å²) in [6.07, 6.45) is 2.24. The number of hydrogen-bond donors (Lipinski definition) is 0. The summed E-state index contributed by atoms with van der Waals surface area (Å²) in [6.45, 7) is 5.85. The predicted molar refractivity (Wildman–Crippen MR) is 62.6 cm³/mol. The molecule has 0 saturated carbocycles. The lowest BCUT2D eigenvalue weighted by atomic mass is 10.3. The second-order valence-electron chi connectivity index (χ2n) is 2.64. The zero-order valence-electron chi connectivity index (χ0n) is 9.23. The molecule has 0 aromatic rings. The Morgan fingerprint density at radius 1 is 1.67 bits per heavy atom. The van der Waals surface area contributed by atoms with Gasteiger partial charge in [0.15, 0.2) is 0 Å². The van der Waals surface area contributed by atoms with Crippen LogP contribution in [0.15, 0.2) is 15.6 Å². The van der Waals surface area contributed by atoms with E-state index in [1.165, 1.54) is 0 Å². The van der Waals surface area contributed by atoms with Crippen LogP contribution in [-0.4, -0.2) is 23.7 Å². The molecule has 86 valence electrons. The first-order chi connectivity index (χ1) is 7.11. The van der Waals surface area contributed by atoms with Gasteiger partial charge in [-0.25, -0.2) is 0 Å². The fraction of sp³-hybridized carbons (Fsp3) is 0.667. The van der Waals surface area contributed by atoms with E-state index in [9.17, 15) is 10.1 Å². The minimum absolute atomic E-state index is 0.0892. The zero-order valence-corrected chi connectivity index (χ0v) is 10.0. The monoisotopic (exact) mass is 232 g/mol. The summed E-state index contributed by atoms with van der Waals surface area (Å²) in [5.74, 6) is 0.921. The average molecular weight is 232 g/mol. The molecule has 0 aromatic carbocycles. The maximum atomic E-state index is 9.97. The third-order valence-corrected chi connectivity index (χ3v) is 2.71. The summed E-state index contributed by atoms with van der Waals surface area (Å²) in [4.78, 5) is 19.4. The first-order valence-corrected chi connectivity index (χ1v) is 5.68. The van der Waals surface area contributed by atoms with Crippen LogP contribution in [0, 0.1) is 10.1 Å². The molecule has 0 unspecified atom stereocenters. The van der Waals surface area contributed by atoms with E-state index in [1.54, 1.807) is 18.0 Å². The average Bonchev–Trinajstić information content (AvgIpc) is 2.16. The van der Waals surface area contributed by atoms with Crippen molar-refractivity contribution in [3.05, 3.63) is 20.7 Å². The largest absolute Gasteiger partial charge is 0.314 e. The van der Waals surface area contributed by atoms with Crippen LogP contribution in [0.5, 0.6) is 0 Å². The Morgan fingerprint density at radius 2 is 2.33 bits per heavy atom. The molecule has 0 N–H and O–H groups in total. The molecule has 0 heterocycles. The quantitative estimate of drug-likeness (QED) is 0.384. The van der Waals surface area contributed by atoms with Crippen molar-refractivity contribution < 1.29 is 9.92 Å². The molecule has 6 heteroatoms. The molecule has 0 radical (unpaired) electrons. The van der Waals surface area contributed by atoms with Crippen molar-refractivity contribution in [2.75, 3.05) is 12.4 Å². The second-order valence-corrected chi connectivity index (χ2v) is 3.99. The van der Waals surface area contributed by atoms with Crippen molar-refractivity contribution >= 4 is 18.0 Å². The summed E-state index contributed by atoms with van der Waals surface area (Å²) in [6, 6.07) is 0. The van der Waals surface area contributed by atoms with Crippen LogP contribution in [0.2, 0.25) is 0 Å². The van der Waals surface area contributed by atoms with E-state index >= 15 is 0 Å². The van der Waals surface area contributed by atoms with Gasteiger partial charge in [-0.3, -0.25) is 4.99 Å². The van der Waals surface area contributed by atoms with E-state index < -0.39 is 5.09 Å². The van der Waals surface area contributed by atoms with Crippen molar-refractivity contribution in [3.63, 3.8) is 0 Å². The Bertz CT molecular complexity index is 264. The van der Waals surface area contributed by atoms with Crippen molar-refractivity contribution in [3.8, 4) is 0 Å². The number of thioether (sulfide) groups is 1. The summed E-state index contributed by atoms with van der Waals surface area (Å²) < 4.78 is 0. The molecule has 0 fully saturated rings. The lowest BCUT2D eigenvalue weighted by molar-refractivity contribution is -0.757. The summed E-state index contributed by atoms with van der Waals surface area (Å²) in [7, 11) is 0. The van der Waals surface area contributed by atoms with Gasteiger partial charge in [0, 0.05) is 23.2 Å². The van der Waals surface area contributed by atoms with Gasteiger partial charge in [0.1, 0.15) is 6.61 Å². The topological polar surface area (TPSA) is 64.7 Å². The van der Waals surface area contributed by atoms with Crippen LogP contribution in [-0.2, 0) is 4.84 Å². The Kier molecular flexibility index (Phi) is 7.71. The van der Waals surface area contributed by atoms with Crippen LogP contribution in [0.3, 0.4) is 0 Å². The van der Waals surface area contributed by atoms with Crippen molar-refractivity contribution in [2.45, 2.75) is 27.2 Å². The molecule has 0 atom stereocenters. The van der Waals surface area contributed by atoms with Crippen molar-refractivity contribution in [1.29, 1.82) is 0 Å². The fourth-order valence-corrected chi connectivity index (χ4v) is 1.85. The minimum atomic E-state index is -0.771. The lowest BCUT2D eigenvalue weighted by Crippen LogP contribution is -2.03. The van der Waals surface area contributed by atoms with E-state index in [0.717, 1.165) is 16.4 Å². The van der Waals surface area contributed by atoms with Gasteiger partial charge in [-0.15, -0.1) is 21.9 Å². The van der Waals surface area contributed by atoms with E-state index in [1.807, 2.05) is 20.8 Å². The molecule has 0 saturated heterocycles. The summed E-state index contributed by atoms with van der Waals surface area (Å²) in [5, 5.41) is 9.19. The number of allylic oxidation sites excluding steroid dienone is 1. The highest BCUT2D eigenvalue weighted by atomic mass is 32.2. The smallest absolute Gasteiger partial charge is 0.294 e. The Morgan fingerprint density at radius 3 is 2.80 bits per heavy atom. The van der Waals surface area contributed by atoms with E-state index in [2.05, 4.69) is 9.83 Å². The second kappa shape index (κ2) is 8.28. The predicted octanol–water partition coefficient (Wildman–Crippen LogP) is 2.66. The van der Waals surface area contributed by atoms with Crippen LogP contribution in [0.25, 0.3) is 0 Å². The number of rotatable bonds is 7. The van der Waals surface area contributed by atoms with E-state index in [0.29, 0.717) is 6.42 Å². The maximum Gasteiger partial charge on any atom is 0.294 e. The number of nitrogens with zero attached hydrogens (tertiary/aromatic N) is 2. The van der Waals surface area contributed by atoms with Crippen molar-refractivity contribution in [1.82, 2.24) is 0 Å². The third-order valence-electron chi connectivity index (χ3n) is 1.57. The van der Waals surface area contributed by atoms with Gasteiger partial charge in [0.2, 0.25) is 0 Å². The van der Waals surface area contributed by atoms with Crippen LogP contribution < -0.4 is 0 Å². The van der Waals surface area contributed by atoms with Crippen molar-refractivity contribution in [2.24, 2.45) is 4.99 Å². The molecule has 0 bridgehead atoms. The lowest BCUT2D eigenvalue weighted by Gasteiger charge is -2.06. The van der Waals surface area contributed by atoms with Gasteiger partial charge in [-0.05, 0) is 19.6 Å². The van der Waals surface area contributed by atoms with Gasteiger partial charge < -0.3 is 4.84 Å². The molecule has 0 aliphatic carbocycles. The molecule has 0 rings (SSSR count). The zero-order chi connectivity index (χ0) is 11.7. The van der Waals surface area contributed by atoms with Crippen LogP contribution >= 0.6 is 11.8 Å². The molecule has 15 heavy (non-hydrogen) atoms. The molecule has 0 aliphatic rings. The first-order valence-electron chi connectivity index (χ1n) is 4.70. The van der Waals surface area contributed by atoms with E-state index in [-0.39, 0.29) is 6.61 Å². The molecular formula is C9H16N2O3S. The maximum absolute atomic E-state index is 9.97. The SMILES string of the molecule is CC=N/C(C)=C(/CCO[N+](=O)[O-])SCC. The van der Waals surface area contributed by atoms with E-state index in [4.69, 9.17) is 0 Å². The Hall–Kier alpha value is -1.04. The number of hydrogen-bond acceptors (Lipinski definition) is 5. The first kappa shape index (κ1) is 14.0. The van der Waals surface area contributed by atoms with Gasteiger partial charge in [-0.2, -0.15) is 0 Å². The molecule has 0 aliphatic heterocycles. The fourth-order valence-electron chi connectivity index (χ4n) is 1.01. The molecule has 5 nitrogen and oxygen atoms in total. The highest BCUT2D eigenvalue weighted by molar-refractivity contribution is 8.03. The summed E-state index contributed by atoms with van der Waals surface area (Å²) >= 11 is 1.64. The van der Waals surface area contributed by atoms with Crippen LogP contribution in [0.4, 0.5) is 0 Å². The third kappa shape index (κ3) is 6.96. The van der Waals surface area contributed by atoms with Gasteiger partial charge >= 0.3 is 0 Å². The standard InChI is InChI=1S/C9H16N2O3S/c1-4-10-8(3)9(15-5-2)6-7-14-11(12)13/h4H,5-7H2,1-3H3/b9-8-,10-4?. The molecule has 0 amide bonds. The number of aliphatic imine (C=N–C) groups is 1. The van der Waals surface area contributed by atoms with Gasteiger partial charge in [0.05, 0.1) is 0 Å². The highest BCUT2D eigenvalue weighted by Crippen LogP contribution is 2.23. The van der Waals surface area contributed by atoms with Gasteiger partial charge in [-0.1, -0.05) is 6.92 Å². The normalized spacial score (nSPS) is 12.7. The molecule has 0 aromatic heterocycles. The van der Waals surface area contributed by atoms with Gasteiger partial charge in [0.25, 0.3) is 5.09 Å². The Balaban J connectivity index is 4.26. The molecular weight excluding hydrogens is 216 g/mol. The minimum Gasteiger partial charge on any atom is -0.314 e.